The predicted octanol–water partition coefficient (Wildman–Crippen LogP) is 5.29. The monoisotopic (exact) mass is 636 g/mol. The molecule has 0 saturated carbocycles. The lowest BCUT2D eigenvalue weighted by atomic mass is 9.87. The molecule has 3 aromatic carbocycles. The van der Waals surface area contributed by atoms with Gasteiger partial charge in [-0.3, -0.25) is 9.69 Å². The molecule has 3 unspecified atom stereocenters. The highest BCUT2D eigenvalue weighted by Crippen LogP contribution is 2.49. The van der Waals surface area contributed by atoms with E-state index >= 15 is 0 Å². The van der Waals surface area contributed by atoms with Crippen LogP contribution in [0.5, 0.6) is 5.75 Å². The molecule has 4 aliphatic rings. The quantitative estimate of drug-likeness (QED) is 0.252. The molecule has 4 aromatic rings. The summed E-state index contributed by atoms with van der Waals surface area (Å²) in [6, 6.07) is 15.6. The summed E-state index contributed by atoms with van der Waals surface area (Å²) in [7, 11) is 0.744. The van der Waals surface area contributed by atoms with E-state index in [0.29, 0.717) is 29.4 Å². The van der Waals surface area contributed by atoms with Gasteiger partial charge in [0.15, 0.2) is 0 Å². The van der Waals surface area contributed by atoms with Crippen molar-refractivity contribution in [2.75, 3.05) is 19.7 Å². The Kier molecular flexibility index (Phi) is 7.27. The molecular formula is C35H33FN4O5Si. The average Bonchev–Trinajstić information content (AvgIpc) is 3.70. The van der Waals surface area contributed by atoms with Crippen LogP contribution in [0.15, 0.2) is 60.7 Å². The molecule has 234 valence electrons. The first-order valence-corrected chi connectivity index (χ1v) is 16.9. The van der Waals surface area contributed by atoms with Crippen molar-refractivity contribution in [2.45, 2.75) is 55.1 Å². The number of benzene rings is 3. The molecule has 3 fully saturated rings. The Hall–Kier alpha value is -4.32. The Morgan fingerprint density at radius 3 is 2.57 bits per heavy atom. The highest BCUT2D eigenvalue weighted by molar-refractivity contribution is 6.53. The zero-order chi connectivity index (χ0) is 31.5. The standard InChI is InChI=1S/C35H33FN4O5Si/c36-25-16-21(33(37)41)4-7-24(25)28-9-6-20-2-1-3-23(31(20)45-28)19-10-13-39(14-11-19)18-30-38-26-8-5-22(35(42)43)17-27(26)40(30)34-32(46-34)29-12-15-44-29/h1-9,16-17,19,28-29,32,34H,10-15,18H2,(H2,37,41)(H,42,43)/t28-,29?,32?,34?/m0/s1. The van der Waals surface area contributed by atoms with Crippen molar-refractivity contribution in [3.8, 4) is 5.75 Å². The van der Waals surface area contributed by atoms with Crippen LogP contribution in [0.25, 0.3) is 17.1 Å². The number of carbonyl (C=O) groups excluding carboxylic acids is 1. The number of nitrogens with zero attached hydrogens (tertiary/aromatic N) is 3. The van der Waals surface area contributed by atoms with Gasteiger partial charge in [0, 0.05) is 29.0 Å². The maximum Gasteiger partial charge on any atom is 0.335 e. The van der Waals surface area contributed by atoms with Crippen molar-refractivity contribution in [1.82, 2.24) is 14.5 Å². The summed E-state index contributed by atoms with van der Waals surface area (Å²) in [5.41, 5.74) is 10.7. The van der Waals surface area contributed by atoms with Gasteiger partial charge in [0.05, 0.1) is 38.8 Å². The second-order valence-electron chi connectivity index (χ2n) is 12.6. The van der Waals surface area contributed by atoms with Crippen molar-refractivity contribution < 1.29 is 28.6 Å². The number of ether oxygens (including phenoxy) is 2. The molecule has 0 aliphatic carbocycles. The maximum absolute atomic E-state index is 15.0. The summed E-state index contributed by atoms with van der Waals surface area (Å²) >= 11 is 0. The first-order valence-electron chi connectivity index (χ1n) is 15.8. The molecule has 2 radical (unpaired) electrons. The number of amides is 1. The first-order chi connectivity index (χ1) is 22.3. The van der Waals surface area contributed by atoms with Crippen LogP contribution in [0.3, 0.4) is 0 Å². The topological polar surface area (TPSA) is 120 Å². The fraction of sp³-hybridized carbons (Fsp3) is 0.343. The number of aromatic carboxylic acids is 1. The molecule has 8 rings (SSSR count). The molecule has 3 N–H and O–H groups in total. The third-order valence-corrected chi connectivity index (χ3v) is 11.4. The van der Waals surface area contributed by atoms with Gasteiger partial charge in [-0.1, -0.05) is 30.3 Å². The fourth-order valence-electron chi connectivity index (χ4n) is 7.12. The van der Waals surface area contributed by atoms with Crippen LogP contribution in [0, 0.1) is 5.82 Å². The number of fused-ring (bicyclic) bond motifs is 2. The van der Waals surface area contributed by atoms with Crippen LogP contribution in [0.2, 0.25) is 5.54 Å². The van der Waals surface area contributed by atoms with Gasteiger partial charge in [0.2, 0.25) is 5.91 Å². The number of hydrogen-bond donors (Lipinski definition) is 2. The molecule has 5 heterocycles. The van der Waals surface area contributed by atoms with E-state index in [1.807, 2.05) is 30.4 Å². The minimum absolute atomic E-state index is 0.124. The van der Waals surface area contributed by atoms with Crippen molar-refractivity contribution in [3.05, 3.63) is 100 Å². The third kappa shape index (κ3) is 5.22. The van der Waals surface area contributed by atoms with Gasteiger partial charge in [-0.15, -0.1) is 0 Å². The number of para-hydroxylation sites is 1. The molecule has 1 aromatic heterocycles. The number of rotatable bonds is 8. The maximum atomic E-state index is 15.0. The largest absolute Gasteiger partial charge is 0.481 e. The van der Waals surface area contributed by atoms with Gasteiger partial charge in [0.1, 0.15) is 23.5 Å². The Labute approximate surface area is 267 Å². The molecule has 0 bridgehead atoms. The van der Waals surface area contributed by atoms with E-state index in [0.717, 1.165) is 88.3 Å². The summed E-state index contributed by atoms with van der Waals surface area (Å²) in [4.78, 5) is 30.7. The zero-order valence-electron chi connectivity index (χ0n) is 25.1. The lowest BCUT2D eigenvalue weighted by Crippen LogP contribution is -2.33. The van der Waals surface area contributed by atoms with Crippen molar-refractivity contribution in [1.29, 1.82) is 0 Å². The summed E-state index contributed by atoms with van der Waals surface area (Å²) in [5, 5.41) is 9.65. The highest BCUT2D eigenvalue weighted by Gasteiger charge is 2.49. The number of likely N-dealkylation sites (tertiary alicyclic amines) is 1. The lowest BCUT2D eigenvalue weighted by molar-refractivity contribution is -0.0494. The Morgan fingerprint density at radius 2 is 1.85 bits per heavy atom. The number of carboxylic acid groups (broad SMARTS) is 1. The Balaban J connectivity index is 0.996. The minimum atomic E-state index is -0.935. The second kappa shape index (κ2) is 11.5. The van der Waals surface area contributed by atoms with Crippen molar-refractivity contribution >= 4 is 38.5 Å². The fourth-order valence-corrected chi connectivity index (χ4v) is 8.68. The van der Waals surface area contributed by atoms with Gasteiger partial charge in [0.25, 0.3) is 0 Å². The normalized spacial score (nSPS) is 24.3. The molecule has 1 amide bonds. The number of piperidine rings is 1. The highest BCUT2D eigenvalue weighted by atomic mass is 28.2. The number of hydrogen-bond acceptors (Lipinski definition) is 6. The van der Waals surface area contributed by atoms with Crippen LogP contribution < -0.4 is 10.5 Å². The zero-order valence-corrected chi connectivity index (χ0v) is 26.1. The van der Waals surface area contributed by atoms with E-state index in [2.05, 4.69) is 15.5 Å². The number of carboxylic acids is 1. The molecule has 9 nitrogen and oxygen atoms in total. The van der Waals surface area contributed by atoms with E-state index in [9.17, 15) is 19.1 Å². The number of imidazole rings is 1. The number of carbonyl (C=O) groups is 2. The van der Waals surface area contributed by atoms with Gasteiger partial charge in [-0.2, -0.15) is 0 Å². The summed E-state index contributed by atoms with van der Waals surface area (Å²) in [6.07, 6.45) is 6.46. The van der Waals surface area contributed by atoms with Gasteiger partial charge >= 0.3 is 5.97 Å². The Morgan fingerprint density at radius 1 is 1.04 bits per heavy atom. The molecule has 46 heavy (non-hydrogen) atoms. The average molecular weight is 637 g/mol. The van der Waals surface area contributed by atoms with Crippen LogP contribution in [-0.4, -0.2) is 66.8 Å². The number of aromatic nitrogens is 2. The van der Waals surface area contributed by atoms with E-state index in [4.69, 9.17) is 20.2 Å². The molecule has 11 heteroatoms. The third-order valence-electron chi connectivity index (χ3n) is 9.77. The van der Waals surface area contributed by atoms with Crippen LogP contribution in [-0.2, 0) is 11.3 Å². The van der Waals surface area contributed by atoms with Gasteiger partial charge in [-0.25, -0.2) is 14.2 Å². The second-order valence-corrected chi connectivity index (χ2v) is 14.1. The van der Waals surface area contributed by atoms with Crippen LogP contribution in [0.1, 0.15) is 80.2 Å². The van der Waals surface area contributed by atoms with E-state index in [1.165, 1.54) is 6.07 Å². The van der Waals surface area contributed by atoms with Gasteiger partial charge < -0.3 is 24.9 Å². The first kappa shape index (κ1) is 29.1. The smallest absolute Gasteiger partial charge is 0.335 e. The summed E-state index contributed by atoms with van der Waals surface area (Å²) in [6.45, 7) is 3.27. The van der Waals surface area contributed by atoms with Crippen molar-refractivity contribution in [2.24, 2.45) is 5.73 Å². The van der Waals surface area contributed by atoms with Crippen LogP contribution in [0.4, 0.5) is 4.39 Å². The molecular weight excluding hydrogens is 603 g/mol. The SMILES string of the molecule is NC(=O)c1ccc([C@@H]2C=Cc3cccc(C4CCN(Cc5nc6ccc(C(=O)O)cc6n5C5[Si]C5C5CCO5)CC4)c3O2)c(F)c1. The number of nitrogens with two attached hydrogens (primary N) is 1. The Bertz CT molecular complexity index is 1900. The lowest BCUT2D eigenvalue weighted by Gasteiger charge is -2.34. The molecule has 4 aliphatic heterocycles. The molecule has 4 atom stereocenters. The molecule has 3 saturated heterocycles. The summed E-state index contributed by atoms with van der Waals surface area (Å²) in [5.74, 6) is -0.0918. The van der Waals surface area contributed by atoms with E-state index in [1.54, 1.807) is 18.2 Å². The van der Waals surface area contributed by atoms with Crippen molar-refractivity contribution in [3.63, 3.8) is 0 Å². The number of halogens is 1. The molecule has 0 spiro atoms. The number of primary amides is 1. The summed E-state index contributed by atoms with van der Waals surface area (Å²) < 4.78 is 29.5. The minimum Gasteiger partial charge on any atom is -0.481 e. The van der Waals surface area contributed by atoms with E-state index < -0.39 is 23.8 Å². The predicted molar refractivity (Wildman–Crippen MR) is 171 cm³/mol. The van der Waals surface area contributed by atoms with Gasteiger partial charge in [-0.05, 0) is 85.8 Å². The van der Waals surface area contributed by atoms with Crippen LogP contribution >= 0.6 is 0 Å². The van der Waals surface area contributed by atoms with E-state index in [-0.39, 0.29) is 17.0 Å².